The summed E-state index contributed by atoms with van der Waals surface area (Å²) in [5.74, 6) is 0. The van der Waals surface area contributed by atoms with Gasteiger partial charge in [0.15, 0.2) is 0 Å². The maximum atomic E-state index is 11.2. The predicted octanol–water partition coefficient (Wildman–Crippen LogP) is -0.983. The van der Waals surface area contributed by atoms with Gasteiger partial charge < -0.3 is 25.0 Å². The smallest absolute Gasteiger partial charge is 0.317 e. The summed E-state index contributed by atoms with van der Waals surface area (Å²) in [6.07, 6.45) is 0.154. The third-order valence-electron chi connectivity index (χ3n) is 2.76. The number of morpholine rings is 1. The SMILES string of the molecule is O=C1NCCN1CCOCC1CNCCO1. The molecule has 2 saturated heterocycles. The largest absolute Gasteiger partial charge is 0.377 e. The molecule has 1 atom stereocenters. The topological polar surface area (TPSA) is 62.8 Å². The second-order valence-corrected chi connectivity index (χ2v) is 3.99. The summed E-state index contributed by atoms with van der Waals surface area (Å²) in [6.45, 7) is 5.89. The molecule has 2 N–H and O–H groups in total. The van der Waals surface area contributed by atoms with E-state index in [1.807, 2.05) is 0 Å². The quantitative estimate of drug-likeness (QED) is 0.595. The molecule has 0 aromatic carbocycles. The zero-order valence-corrected chi connectivity index (χ0v) is 9.41. The van der Waals surface area contributed by atoms with Crippen molar-refractivity contribution in [3.8, 4) is 0 Å². The summed E-state index contributed by atoms with van der Waals surface area (Å²) in [5.41, 5.74) is 0. The van der Waals surface area contributed by atoms with Crippen LogP contribution in [0.3, 0.4) is 0 Å². The monoisotopic (exact) mass is 229 g/mol. The van der Waals surface area contributed by atoms with Crippen molar-refractivity contribution in [2.24, 2.45) is 0 Å². The molecule has 2 heterocycles. The van der Waals surface area contributed by atoms with Crippen LogP contribution in [-0.4, -0.2) is 69.6 Å². The average Bonchev–Trinajstić information content (AvgIpc) is 2.72. The fourth-order valence-corrected chi connectivity index (χ4v) is 1.84. The normalized spacial score (nSPS) is 25.9. The first-order valence-corrected chi connectivity index (χ1v) is 5.79. The molecular weight excluding hydrogens is 210 g/mol. The van der Waals surface area contributed by atoms with E-state index in [-0.39, 0.29) is 12.1 Å². The third kappa shape index (κ3) is 3.33. The van der Waals surface area contributed by atoms with E-state index in [1.165, 1.54) is 0 Å². The van der Waals surface area contributed by atoms with E-state index in [0.717, 1.165) is 32.8 Å². The number of hydrogen-bond donors (Lipinski definition) is 2. The van der Waals surface area contributed by atoms with Crippen molar-refractivity contribution in [2.75, 3.05) is 52.5 Å². The molecule has 0 saturated carbocycles. The number of urea groups is 1. The molecule has 2 aliphatic rings. The molecule has 0 aliphatic carbocycles. The second kappa shape index (κ2) is 6.03. The van der Waals surface area contributed by atoms with Crippen LogP contribution in [0.5, 0.6) is 0 Å². The molecule has 0 aromatic heterocycles. The van der Waals surface area contributed by atoms with Gasteiger partial charge in [-0.05, 0) is 0 Å². The molecule has 6 heteroatoms. The van der Waals surface area contributed by atoms with Crippen LogP contribution < -0.4 is 10.6 Å². The molecule has 1 unspecified atom stereocenters. The number of carbonyl (C=O) groups is 1. The van der Waals surface area contributed by atoms with Crippen LogP contribution >= 0.6 is 0 Å². The minimum atomic E-state index is 0.0131. The van der Waals surface area contributed by atoms with E-state index >= 15 is 0 Å². The highest BCUT2D eigenvalue weighted by Gasteiger charge is 2.19. The molecule has 2 fully saturated rings. The maximum Gasteiger partial charge on any atom is 0.317 e. The van der Waals surface area contributed by atoms with Crippen molar-refractivity contribution < 1.29 is 14.3 Å². The van der Waals surface area contributed by atoms with Gasteiger partial charge in [-0.25, -0.2) is 4.79 Å². The molecule has 0 spiro atoms. The number of nitrogens with zero attached hydrogens (tertiary/aromatic N) is 1. The van der Waals surface area contributed by atoms with Crippen LogP contribution in [0.2, 0.25) is 0 Å². The Labute approximate surface area is 95.3 Å². The lowest BCUT2D eigenvalue weighted by Crippen LogP contribution is -2.41. The number of hydrogen-bond acceptors (Lipinski definition) is 4. The first-order chi connectivity index (χ1) is 7.86. The minimum absolute atomic E-state index is 0.0131. The number of carbonyl (C=O) groups excluding carboxylic acids is 1. The number of amides is 2. The van der Waals surface area contributed by atoms with Gasteiger partial charge in [-0.2, -0.15) is 0 Å². The standard InChI is InChI=1S/C10H19N3O3/c14-10-12-1-3-13(10)4-6-15-8-9-7-11-2-5-16-9/h9,11H,1-8H2,(H,12,14). The van der Waals surface area contributed by atoms with Crippen LogP contribution in [0.15, 0.2) is 0 Å². The summed E-state index contributed by atoms with van der Waals surface area (Å²) in [6, 6.07) is 0.0131. The van der Waals surface area contributed by atoms with Crippen molar-refractivity contribution in [1.82, 2.24) is 15.5 Å². The van der Waals surface area contributed by atoms with Gasteiger partial charge in [0.25, 0.3) is 0 Å². The summed E-state index contributed by atoms with van der Waals surface area (Å²) in [5, 5.41) is 6.00. The van der Waals surface area contributed by atoms with E-state index < -0.39 is 0 Å². The molecular formula is C10H19N3O3. The van der Waals surface area contributed by atoms with Crippen molar-refractivity contribution in [3.05, 3.63) is 0 Å². The lowest BCUT2D eigenvalue weighted by atomic mass is 10.3. The van der Waals surface area contributed by atoms with Gasteiger partial charge in [-0.3, -0.25) is 0 Å². The molecule has 6 nitrogen and oxygen atoms in total. The third-order valence-corrected chi connectivity index (χ3v) is 2.76. The predicted molar refractivity (Wildman–Crippen MR) is 58.4 cm³/mol. The molecule has 2 rings (SSSR count). The van der Waals surface area contributed by atoms with Crippen LogP contribution in [0.1, 0.15) is 0 Å². The molecule has 0 radical (unpaired) electrons. The maximum absolute atomic E-state index is 11.2. The molecule has 0 bridgehead atoms. The van der Waals surface area contributed by atoms with E-state index in [0.29, 0.717) is 19.8 Å². The fraction of sp³-hybridized carbons (Fsp3) is 0.900. The zero-order chi connectivity index (χ0) is 11.2. The Morgan fingerprint density at radius 3 is 3.12 bits per heavy atom. The highest BCUT2D eigenvalue weighted by atomic mass is 16.5. The highest BCUT2D eigenvalue weighted by Crippen LogP contribution is 1.99. The Kier molecular flexibility index (Phi) is 4.38. The second-order valence-electron chi connectivity index (χ2n) is 3.99. The van der Waals surface area contributed by atoms with Gasteiger partial charge in [0.1, 0.15) is 0 Å². The summed E-state index contributed by atoms with van der Waals surface area (Å²) in [7, 11) is 0. The van der Waals surface area contributed by atoms with Crippen LogP contribution in [-0.2, 0) is 9.47 Å². The van der Waals surface area contributed by atoms with E-state index in [4.69, 9.17) is 9.47 Å². The van der Waals surface area contributed by atoms with Crippen molar-refractivity contribution in [1.29, 1.82) is 0 Å². The van der Waals surface area contributed by atoms with Gasteiger partial charge >= 0.3 is 6.03 Å². The van der Waals surface area contributed by atoms with Crippen LogP contribution in [0.4, 0.5) is 4.79 Å². The van der Waals surface area contributed by atoms with Gasteiger partial charge in [0.2, 0.25) is 0 Å². The highest BCUT2D eigenvalue weighted by molar-refractivity contribution is 5.76. The first kappa shape index (κ1) is 11.6. The molecule has 2 amide bonds. The average molecular weight is 229 g/mol. The number of ether oxygens (including phenoxy) is 2. The summed E-state index contributed by atoms with van der Waals surface area (Å²) in [4.78, 5) is 13.0. The number of nitrogens with one attached hydrogen (secondary N) is 2. The van der Waals surface area contributed by atoms with Gasteiger partial charge in [0, 0.05) is 32.7 Å². The summed E-state index contributed by atoms with van der Waals surface area (Å²) >= 11 is 0. The van der Waals surface area contributed by atoms with Crippen molar-refractivity contribution in [2.45, 2.75) is 6.10 Å². The fourth-order valence-electron chi connectivity index (χ4n) is 1.84. The molecule has 16 heavy (non-hydrogen) atoms. The molecule has 92 valence electrons. The van der Waals surface area contributed by atoms with Crippen molar-refractivity contribution >= 4 is 6.03 Å². The van der Waals surface area contributed by atoms with Gasteiger partial charge in [-0.1, -0.05) is 0 Å². The van der Waals surface area contributed by atoms with Crippen LogP contribution in [0.25, 0.3) is 0 Å². The lowest BCUT2D eigenvalue weighted by Gasteiger charge is -2.23. The van der Waals surface area contributed by atoms with Gasteiger partial charge in [0.05, 0.1) is 25.9 Å². The Morgan fingerprint density at radius 2 is 2.44 bits per heavy atom. The Balaban J connectivity index is 1.52. The van der Waals surface area contributed by atoms with E-state index in [1.54, 1.807) is 4.90 Å². The lowest BCUT2D eigenvalue weighted by molar-refractivity contribution is -0.0328. The molecule has 2 aliphatic heterocycles. The zero-order valence-electron chi connectivity index (χ0n) is 9.41. The minimum Gasteiger partial charge on any atom is -0.377 e. The summed E-state index contributed by atoms with van der Waals surface area (Å²) < 4.78 is 11.0. The van der Waals surface area contributed by atoms with E-state index in [9.17, 15) is 4.79 Å². The molecule has 0 aromatic rings. The van der Waals surface area contributed by atoms with Crippen LogP contribution in [0, 0.1) is 0 Å². The van der Waals surface area contributed by atoms with Crippen molar-refractivity contribution in [3.63, 3.8) is 0 Å². The van der Waals surface area contributed by atoms with E-state index in [2.05, 4.69) is 10.6 Å². The number of rotatable bonds is 5. The first-order valence-electron chi connectivity index (χ1n) is 5.79. The Bertz CT molecular complexity index is 231. The van der Waals surface area contributed by atoms with Gasteiger partial charge in [-0.15, -0.1) is 0 Å². The Hall–Kier alpha value is -0.850. The Morgan fingerprint density at radius 1 is 1.50 bits per heavy atom.